The highest BCUT2D eigenvalue weighted by atomic mass is 16.2. The van der Waals surface area contributed by atoms with E-state index in [1.165, 1.54) is 18.4 Å². The molecule has 1 atom stereocenters. The van der Waals surface area contributed by atoms with Crippen LogP contribution in [-0.2, 0) is 6.42 Å². The molecule has 2 N–H and O–H groups in total. The molecule has 0 aromatic heterocycles. The molecule has 2 fully saturated rings. The number of amides is 2. The maximum absolute atomic E-state index is 12.2. The number of nitrogens with one attached hydrogen (secondary N) is 2. The Balaban J connectivity index is 1.43. The van der Waals surface area contributed by atoms with Gasteiger partial charge in [-0.1, -0.05) is 31.2 Å². The van der Waals surface area contributed by atoms with Gasteiger partial charge in [0.25, 0.3) is 0 Å². The molecule has 2 amide bonds. The molecule has 0 spiro atoms. The fourth-order valence-corrected chi connectivity index (χ4v) is 3.40. The number of nitrogens with zero attached hydrogens (tertiary/aromatic N) is 1. The van der Waals surface area contributed by atoms with Gasteiger partial charge in [-0.2, -0.15) is 0 Å². The summed E-state index contributed by atoms with van der Waals surface area (Å²) in [5, 5.41) is 6.21. The summed E-state index contributed by atoms with van der Waals surface area (Å²) in [5.41, 5.74) is 2.48. The first-order valence-electron chi connectivity index (χ1n) is 9.05. The van der Waals surface area contributed by atoms with Crippen molar-refractivity contribution in [1.29, 1.82) is 0 Å². The number of piperidine rings is 1. The van der Waals surface area contributed by atoms with Crippen molar-refractivity contribution in [2.24, 2.45) is 0 Å². The molecule has 1 aromatic carbocycles. The summed E-state index contributed by atoms with van der Waals surface area (Å²) < 4.78 is 0. The second-order valence-corrected chi connectivity index (χ2v) is 6.98. The Morgan fingerprint density at radius 2 is 1.83 bits per heavy atom. The van der Waals surface area contributed by atoms with E-state index < -0.39 is 0 Å². The number of rotatable bonds is 5. The molecule has 1 saturated heterocycles. The molecule has 1 saturated carbocycles. The minimum atomic E-state index is -0.0399. The zero-order valence-electron chi connectivity index (χ0n) is 14.3. The number of hydrogen-bond acceptors (Lipinski definition) is 2. The van der Waals surface area contributed by atoms with Crippen LogP contribution in [0.15, 0.2) is 24.3 Å². The smallest absolute Gasteiger partial charge is 0.315 e. The first-order chi connectivity index (χ1) is 11.2. The van der Waals surface area contributed by atoms with Crippen molar-refractivity contribution in [2.75, 3.05) is 13.1 Å². The molecule has 3 rings (SSSR count). The fourth-order valence-electron chi connectivity index (χ4n) is 3.40. The second-order valence-electron chi connectivity index (χ2n) is 6.98. The quantitative estimate of drug-likeness (QED) is 0.876. The molecule has 4 nitrogen and oxygen atoms in total. The van der Waals surface area contributed by atoms with Gasteiger partial charge < -0.3 is 15.5 Å². The van der Waals surface area contributed by atoms with Crippen molar-refractivity contribution in [3.63, 3.8) is 0 Å². The standard InChI is InChI=1S/C19H29N3O/c1-3-15-4-6-16(7-5-15)14(2)20-19(23)21-17-10-12-22(13-11-17)18-8-9-18/h4-7,14,17-18H,3,8-13H2,1-2H3,(H2,20,21,23). The van der Waals surface area contributed by atoms with Gasteiger partial charge in [0.15, 0.2) is 0 Å². The van der Waals surface area contributed by atoms with Crippen molar-refractivity contribution >= 4 is 6.03 Å². The minimum absolute atomic E-state index is 0.0347. The van der Waals surface area contributed by atoms with Gasteiger partial charge in [0.1, 0.15) is 0 Å². The molecule has 4 heteroatoms. The van der Waals surface area contributed by atoms with Gasteiger partial charge in [-0.3, -0.25) is 0 Å². The Kier molecular flexibility index (Phi) is 5.21. The first kappa shape index (κ1) is 16.3. The molecule has 1 aliphatic carbocycles. The predicted octanol–water partition coefficient (Wildman–Crippen LogP) is 3.24. The highest BCUT2D eigenvalue weighted by Crippen LogP contribution is 2.29. The number of carbonyl (C=O) groups excluding carboxylic acids is 1. The van der Waals surface area contributed by atoms with Crippen LogP contribution in [0.3, 0.4) is 0 Å². The minimum Gasteiger partial charge on any atom is -0.335 e. The summed E-state index contributed by atoms with van der Waals surface area (Å²) in [7, 11) is 0. The van der Waals surface area contributed by atoms with E-state index in [9.17, 15) is 4.79 Å². The largest absolute Gasteiger partial charge is 0.335 e. The average molecular weight is 315 g/mol. The van der Waals surface area contributed by atoms with E-state index >= 15 is 0 Å². The van der Waals surface area contributed by atoms with Crippen LogP contribution in [0.4, 0.5) is 4.79 Å². The van der Waals surface area contributed by atoms with Crippen molar-refractivity contribution in [2.45, 2.75) is 64.1 Å². The Bertz CT molecular complexity index is 516. The summed E-state index contributed by atoms with van der Waals surface area (Å²) >= 11 is 0. The molecular formula is C19H29N3O. The van der Waals surface area contributed by atoms with Crippen LogP contribution < -0.4 is 10.6 Å². The third-order valence-electron chi connectivity index (χ3n) is 5.16. The fraction of sp³-hybridized carbons (Fsp3) is 0.632. The van der Waals surface area contributed by atoms with Crippen LogP contribution in [0, 0.1) is 0 Å². The maximum Gasteiger partial charge on any atom is 0.315 e. The lowest BCUT2D eigenvalue weighted by Crippen LogP contribution is -2.48. The normalized spacial score (nSPS) is 21.0. The second kappa shape index (κ2) is 7.35. The van der Waals surface area contributed by atoms with Gasteiger partial charge in [-0.05, 0) is 50.2 Å². The van der Waals surface area contributed by atoms with Crippen molar-refractivity contribution < 1.29 is 4.79 Å². The first-order valence-corrected chi connectivity index (χ1v) is 9.05. The number of benzene rings is 1. The zero-order chi connectivity index (χ0) is 16.2. The Morgan fingerprint density at radius 1 is 1.17 bits per heavy atom. The van der Waals surface area contributed by atoms with E-state index in [-0.39, 0.29) is 12.1 Å². The van der Waals surface area contributed by atoms with Crippen LogP contribution in [0.1, 0.15) is 56.7 Å². The molecule has 0 radical (unpaired) electrons. The predicted molar refractivity (Wildman–Crippen MR) is 93.5 cm³/mol. The lowest BCUT2D eigenvalue weighted by Gasteiger charge is -2.32. The Hall–Kier alpha value is -1.55. The van der Waals surface area contributed by atoms with Crippen molar-refractivity contribution in [3.05, 3.63) is 35.4 Å². The molecule has 1 aliphatic heterocycles. The lowest BCUT2D eigenvalue weighted by atomic mass is 10.0. The zero-order valence-corrected chi connectivity index (χ0v) is 14.3. The molecule has 0 bridgehead atoms. The topological polar surface area (TPSA) is 44.4 Å². The molecule has 1 unspecified atom stereocenters. The van der Waals surface area contributed by atoms with Crippen molar-refractivity contribution in [3.8, 4) is 0 Å². The van der Waals surface area contributed by atoms with E-state index in [0.29, 0.717) is 6.04 Å². The summed E-state index contributed by atoms with van der Waals surface area (Å²) in [6, 6.07) is 9.65. The number of aryl methyl sites for hydroxylation is 1. The summed E-state index contributed by atoms with van der Waals surface area (Å²) in [5.74, 6) is 0. The molecule has 2 aliphatic rings. The summed E-state index contributed by atoms with van der Waals surface area (Å²) in [4.78, 5) is 14.8. The van der Waals surface area contributed by atoms with E-state index in [4.69, 9.17) is 0 Å². The molecular weight excluding hydrogens is 286 g/mol. The van der Waals surface area contributed by atoms with Gasteiger partial charge in [0, 0.05) is 25.2 Å². The van der Waals surface area contributed by atoms with Gasteiger partial charge in [-0.15, -0.1) is 0 Å². The van der Waals surface area contributed by atoms with E-state index in [2.05, 4.69) is 46.7 Å². The highest BCUT2D eigenvalue weighted by Gasteiger charge is 2.32. The van der Waals surface area contributed by atoms with Crippen LogP contribution >= 0.6 is 0 Å². The average Bonchev–Trinajstić information content (AvgIpc) is 3.40. The highest BCUT2D eigenvalue weighted by molar-refractivity contribution is 5.74. The molecule has 23 heavy (non-hydrogen) atoms. The Morgan fingerprint density at radius 3 is 2.39 bits per heavy atom. The molecule has 1 aromatic rings. The van der Waals surface area contributed by atoms with Crippen LogP contribution in [-0.4, -0.2) is 36.1 Å². The third kappa shape index (κ3) is 4.47. The van der Waals surface area contributed by atoms with Crippen LogP contribution in [0.2, 0.25) is 0 Å². The summed E-state index contributed by atoms with van der Waals surface area (Å²) in [6.07, 6.45) is 5.93. The molecule has 1 heterocycles. The van der Waals surface area contributed by atoms with Gasteiger partial charge in [0.2, 0.25) is 0 Å². The van der Waals surface area contributed by atoms with Crippen LogP contribution in [0.25, 0.3) is 0 Å². The van der Waals surface area contributed by atoms with Gasteiger partial charge in [0.05, 0.1) is 6.04 Å². The number of urea groups is 1. The van der Waals surface area contributed by atoms with E-state index in [1.54, 1.807) is 0 Å². The summed E-state index contributed by atoms with van der Waals surface area (Å²) in [6.45, 7) is 6.45. The van der Waals surface area contributed by atoms with E-state index in [1.807, 2.05) is 6.92 Å². The number of hydrogen-bond donors (Lipinski definition) is 2. The maximum atomic E-state index is 12.2. The van der Waals surface area contributed by atoms with Gasteiger partial charge >= 0.3 is 6.03 Å². The monoisotopic (exact) mass is 315 g/mol. The van der Waals surface area contributed by atoms with Crippen LogP contribution in [0.5, 0.6) is 0 Å². The lowest BCUT2D eigenvalue weighted by molar-refractivity contribution is 0.185. The van der Waals surface area contributed by atoms with Crippen molar-refractivity contribution in [1.82, 2.24) is 15.5 Å². The van der Waals surface area contributed by atoms with E-state index in [0.717, 1.165) is 44.0 Å². The third-order valence-corrected chi connectivity index (χ3v) is 5.16. The molecule has 126 valence electrons. The number of carbonyl (C=O) groups is 1. The Labute approximate surface area is 139 Å². The van der Waals surface area contributed by atoms with Gasteiger partial charge in [-0.25, -0.2) is 4.79 Å². The number of likely N-dealkylation sites (tertiary alicyclic amines) is 1. The SMILES string of the molecule is CCc1ccc(C(C)NC(=O)NC2CCN(C3CC3)CC2)cc1.